The second-order valence-corrected chi connectivity index (χ2v) is 4.96. The van der Waals surface area contributed by atoms with E-state index in [4.69, 9.17) is 5.73 Å². The number of nitrogens with two attached hydrogens (primary N) is 1. The number of fused-ring (bicyclic) bond motifs is 1. The Balaban J connectivity index is 2.02. The van der Waals surface area contributed by atoms with Crippen molar-refractivity contribution >= 4 is 28.6 Å². The zero-order valence-corrected chi connectivity index (χ0v) is 12.5. The minimum Gasteiger partial charge on any atom is -0.366 e. The first-order valence-corrected chi connectivity index (χ1v) is 7.12. The lowest BCUT2D eigenvalue weighted by Crippen LogP contribution is -2.19. The highest BCUT2D eigenvalue weighted by Gasteiger charge is 2.07. The lowest BCUT2D eigenvalue weighted by molar-refractivity contribution is 0.100. The van der Waals surface area contributed by atoms with Gasteiger partial charge in [0.2, 0.25) is 11.9 Å². The summed E-state index contributed by atoms with van der Waals surface area (Å²) < 4.78 is 1.57. The molecule has 7 nitrogen and oxygen atoms in total. The number of aryl methyl sites for hydroxylation is 1. The molecular weight excluding hydrogens is 294 g/mol. The summed E-state index contributed by atoms with van der Waals surface area (Å²) in [5, 5.41) is 3.80. The Bertz CT molecular complexity index is 949. The van der Waals surface area contributed by atoms with E-state index in [1.165, 1.54) is 6.07 Å². The fraction of sp³-hybridized carbons (Fsp3) is 0.125. The lowest BCUT2D eigenvalue weighted by Gasteiger charge is -2.09. The number of hydrogen-bond donors (Lipinski definition) is 2. The summed E-state index contributed by atoms with van der Waals surface area (Å²) in [6.45, 7) is 2.40. The number of rotatable bonds is 4. The number of amides is 1. The molecule has 116 valence electrons. The van der Waals surface area contributed by atoms with E-state index in [1.54, 1.807) is 41.1 Å². The van der Waals surface area contributed by atoms with Gasteiger partial charge in [0.05, 0.1) is 0 Å². The van der Waals surface area contributed by atoms with Gasteiger partial charge in [-0.15, -0.1) is 0 Å². The first kappa shape index (κ1) is 14.7. The van der Waals surface area contributed by atoms with Crippen LogP contribution in [0.15, 0.2) is 47.4 Å². The molecule has 0 radical (unpaired) electrons. The Morgan fingerprint density at radius 3 is 2.87 bits per heavy atom. The maximum absolute atomic E-state index is 11.9. The zero-order valence-electron chi connectivity index (χ0n) is 12.5. The summed E-state index contributed by atoms with van der Waals surface area (Å²) in [6, 6.07) is 9.93. The third-order valence-electron chi connectivity index (χ3n) is 3.44. The second-order valence-electron chi connectivity index (χ2n) is 4.96. The minimum absolute atomic E-state index is 0.111. The fourth-order valence-electron chi connectivity index (χ4n) is 2.32. The Morgan fingerprint density at radius 1 is 1.30 bits per heavy atom. The van der Waals surface area contributed by atoms with Gasteiger partial charge in [0.25, 0.3) is 5.56 Å². The molecule has 0 saturated carbocycles. The Kier molecular flexibility index (Phi) is 3.76. The fourth-order valence-corrected chi connectivity index (χ4v) is 2.32. The van der Waals surface area contributed by atoms with Crippen LogP contribution in [-0.4, -0.2) is 20.4 Å². The largest absolute Gasteiger partial charge is 0.366 e. The topological polar surface area (TPSA) is 103 Å². The molecule has 0 atom stereocenters. The molecule has 0 bridgehead atoms. The van der Waals surface area contributed by atoms with E-state index < -0.39 is 5.91 Å². The maximum Gasteiger partial charge on any atom is 0.252 e. The van der Waals surface area contributed by atoms with E-state index >= 15 is 0 Å². The van der Waals surface area contributed by atoms with Crippen molar-refractivity contribution in [1.82, 2.24) is 14.5 Å². The smallest absolute Gasteiger partial charge is 0.252 e. The van der Waals surface area contributed by atoms with Crippen LogP contribution in [-0.2, 0) is 6.54 Å². The molecule has 3 aromatic rings. The molecule has 0 saturated heterocycles. The number of carbonyl (C=O) groups is 1. The summed E-state index contributed by atoms with van der Waals surface area (Å²) in [7, 11) is 0. The molecule has 3 rings (SSSR count). The van der Waals surface area contributed by atoms with Crippen LogP contribution in [0.2, 0.25) is 0 Å². The van der Waals surface area contributed by atoms with E-state index in [2.05, 4.69) is 15.3 Å². The van der Waals surface area contributed by atoms with Gasteiger partial charge in [-0.1, -0.05) is 6.07 Å². The van der Waals surface area contributed by atoms with Crippen molar-refractivity contribution in [2.24, 2.45) is 5.73 Å². The third kappa shape index (κ3) is 2.89. The molecule has 0 aliphatic rings. The van der Waals surface area contributed by atoms with Crippen molar-refractivity contribution in [3.05, 3.63) is 58.5 Å². The summed E-state index contributed by atoms with van der Waals surface area (Å²) in [4.78, 5) is 31.7. The van der Waals surface area contributed by atoms with Gasteiger partial charge in [-0.25, -0.2) is 4.98 Å². The number of pyridine rings is 1. The average molecular weight is 309 g/mol. The molecule has 2 heterocycles. The normalized spacial score (nSPS) is 10.7. The SMILES string of the molecule is CCn1c(=O)ccc2cnc(Nc3cccc(C(N)=O)c3)nc21. The van der Waals surface area contributed by atoms with E-state index in [0.29, 0.717) is 29.4 Å². The van der Waals surface area contributed by atoms with Crippen LogP contribution < -0.4 is 16.6 Å². The number of hydrogen-bond acceptors (Lipinski definition) is 5. The highest BCUT2D eigenvalue weighted by molar-refractivity contribution is 5.93. The van der Waals surface area contributed by atoms with Gasteiger partial charge in [0, 0.05) is 35.4 Å². The minimum atomic E-state index is -0.507. The highest BCUT2D eigenvalue weighted by Crippen LogP contribution is 2.17. The van der Waals surface area contributed by atoms with Gasteiger partial charge < -0.3 is 11.1 Å². The van der Waals surface area contributed by atoms with Crippen molar-refractivity contribution in [1.29, 1.82) is 0 Å². The van der Waals surface area contributed by atoms with Crippen molar-refractivity contribution in [2.45, 2.75) is 13.5 Å². The van der Waals surface area contributed by atoms with Crippen molar-refractivity contribution in [3.63, 3.8) is 0 Å². The van der Waals surface area contributed by atoms with E-state index in [1.807, 2.05) is 6.92 Å². The maximum atomic E-state index is 11.9. The summed E-state index contributed by atoms with van der Waals surface area (Å²) in [5.74, 6) is -0.167. The van der Waals surface area contributed by atoms with Gasteiger partial charge in [0.1, 0.15) is 5.65 Å². The molecule has 0 spiro atoms. The molecule has 23 heavy (non-hydrogen) atoms. The van der Waals surface area contributed by atoms with Crippen LogP contribution in [0.4, 0.5) is 11.6 Å². The van der Waals surface area contributed by atoms with Crippen LogP contribution in [0, 0.1) is 0 Å². The summed E-state index contributed by atoms with van der Waals surface area (Å²) >= 11 is 0. The van der Waals surface area contributed by atoms with E-state index in [0.717, 1.165) is 5.39 Å². The van der Waals surface area contributed by atoms with Crippen LogP contribution in [0.3, 0.4) is 0 Å². The molecule has 0 fully saturated rings. The Morgan fingerprint density at radius 2 is 2.13 bits per heavy atom. The molecule has 1 amide bonds. The molecule has 0 aliphatic heterocycles. The number of benzene rings is 1. The van der Waals surface area contributed by atoms with Crippen LogP contribution >= 0.6 is 0 Å². The molecule has 1 aromatic carbocycles. The quantitative estimate of drug-likeness (QED) is 0.763. The zero-order chi connectivity index (χ0) is 16.4. The molecule has 3 N–H and O–H groups in total. The summed E-state index contributed by atoms with van der Waals surface area (Å²) in [5.41, 5.74) is 6.75. The Hall–Kier alpha value is -3.22. The highest BCUT2D eigenvalue weighted by atomic mass is 16.1. The second kappa shape index (κ2) is 5.88. The molecular formula is C16H15N5O2. The predicted octanol–water partition coefficient (Wildman–Crippen LogP) is 1.65. The number of nitrogens with one attached hydrogen (secondary N) is 1. The van der Waals surface area contributed by atoms with Crippen LogP contribution in [0.25, 0.3) is 11.0 Å². The van der Waals surface area contributed by atoms with E-state index in [9.17, 15) is 9.59 Å². The number of carbonyl (C=O) groups excluding carboxylic acids is 1. The first-order valence-electron chi connectivity index (χ1n) is 7.12. The third-order valence-corrected chi connectivity index (χ3v) is 3.44. The van der Waals surface area contributed by atoms with Gasteiger partial charge in [-0.3, -0.25) is 14.2 Å². The number of aromatic nitrogens is 3. The van der Waals surface area contributed by atoms with E-state index in [-0.39, 0.29) is 5.56 Å². The predicted molar refractivity (Wildman–Crippen MR) is 87.7 cm³/mol. The van der Waals surface area contributed by atoms with Crippen molar-refractivity contribution in [2.75, 3.05) is 5.32 Å². The standard InChI is InChI=1S/C16H15N5O2/c1-2-21-13(22)7-6-11-9-18-16(20-15(11)21)19-12-5-3-4-10(8-12)14(17)23/h3-9H,2H2,1H3,(H2,17,23)(H,18,19,20). The van der Waals surface area contributed by atoms with Gasteiger partial charge in [0.15, 0.2) is 0 Å². The van der Waals surface area contributed by atoms with Gasteiger partial charge in [-0.2, -0.15) is 4.98 Å². The average Bonchev–Trinajstić information content (AvgIpc) is 2.55. The van der Waals surface area contributed by atoms with Crippen LogP contribution in [0.1, 0.15) is 17.3 Å². The monoisotopic (exact) mass is 309 g/mol. The summed E-state index contributed by atoms with van der Waals surface area (Å²) in [6.07, 6.45) is 1.65. The van der Waals surface area contributed by atoms with Crippen LogP contribution in [0.5, 0.6) is 0 Å². The number of primary amides is 1. The van der Waals surface area contributed by atoms with Gasteiger partial charge >= 0.3 is 0 Å². The molecule has 0 unspecified atom stereocenters. The van der Waals surface area contributed by atoms with Crippen molar-refractivity contribution in [3.8, 4) is 0 Å². The molecule has 0 aliphatic carbocycles. The lowest BCUT2D eigenvalue weighted by atomic mass is 10.2. The number of nitrogens with zero attached hydrogens (tertiary/aromatic N) is 3. The first-order chi connectivity index (χ1) is 11.1. The Labute approximate surface area is 131 Å². The number of anilines is 2. The van der Waals surface area contributed by atoms with Crippen molar-refractivity contribution < 1.29 is 4.79 Å². The molecule has 2 aromatic heterocycles. The van der Waals surface area contributed by atoms with Gasteiger partial charge in [-0.05, 0) is 31.2 Å². The molecule has 7 heteroatoms.